The summed E-state index contributed by atoms with van der Waals surface area (Å²) in [6, 6.07) is 8.46. The molecule has 5 heterocycles. The van der Waals surface area contributed by atoms with Crippen LogP contribution in [0.5, 0.6) is 0 Å². The van der Waals surface area contributed by atoms with Crippen molar-refractivity contribution < 1.29 is 4.79 Å². The minimum atomic E-state index is -0.104. The molecule has 2 amide bonds. The minimum Gasteiger partial charge on any atom is -0.324 e. The van der Waals surface area contributed by atoms with Gasteiger partial charge in [-0.15, -0.1) is 0 Å². The third-order valence-electron chi connectivity index (χ3n) is 7.51. The Labute approximate surface area is 185 Å². The Balaban J connectivity index is 1.23. The molecule has 2 aromatic heterocycles. The number of pyridine rings is 2. The lowest BCUT2D eigenvalue weighted by molar-refractivity contribution is 0.105. The maximum Gasteiger partial charge on any atom is 0.324 e. The number of hydrogen-bond acceptors (Lipinski definition) is 4. The normalized spacial score (nSPS) is 22.2. The quantitative estimate of drug-likeness (QED) is 0.739. The molecule has 0 saturated carbocycles. The fourth-order valence-electron chi connectivity index (χ4n) is 5.60. The van der Waals surface area contributed by atoms with Crippen LogP contribution >= 0.6 is 0 Å². The van der Waals surface area contributed by atoms with E-state index in [0.29, 0.717) is 6.54 Å². The maximum absolute atomic E-state index is 13.5. The van der Waals surface area contributed by atoms with Gasteiger partial charge in [0, 0.05) is 49.7 Å². The van der Waals surface area contributed by atoms with Crippen molar-refractivity contribution in [1.82, 2.24) is 19.8 Å². The summed E-state index contributed by atoms with van der Waals surface area (Å²) < 4.78 is 0. The van der Waals surface area contributed by atoms with E-state index in [0.717, 1.165) is 56.2 Å². The van der Waals surface area contributed by atoms with Crippen molar-refractivity contribution in [1.29, 1.82) is 0 Å². The molecule has 6 nitrogen and oxygen atoms in total. The average molecular weight is 420 g/mol. The topological polar surface area (TPSA) is 52.6 Å². The third kappa shape index (κ3) is 3.82. The first-order valence-electron chi connectivity index (χ1n) is 11.5. The molecule has 0 atom stereocenters. The van der Waals surface area contributed by atoms with Crippen molar-refractivity contribution in [2.75, 3.05) is 37.6 Å². The summed E-state index contributed by atoms with van der Waals surface area (Å²) in [4.78, 5) is 29.0. The molecule has 0 radical (unpaired) electrons. The van der Waals surface area contributed by atoms with E-state index < -0.39 is 0 Å². The molecule has 0 aliphatic carbocycles. The zero-order valence-electron chi connectivity index (χ0n) is 19.0. The molecule has 2 fully saturated rings. The molecular weight excluding hydrogens is 386 g/mol. The number of piperidine rings is 1. The summed E-state index contributed by atoms with van der Waals surface area (Å²) >= 11 is 0. The van der Waals surface area contributed by atoms with Gasteiger partial charge < -0.3 is 4.90 Å². The first kappa shape index (κ1) is 20.4. The number of nitrogens with zero attached hydrogens (tertiary/aromatic N) is 5. The van der Waals surface area contributed by atoms with Gasteiger partial charge >= 0.3 is 6.03 Å². The second kappa shape index (κ2) is 7.59. The summed E-state index contributed by atoms with van der Waals surface area (Å²) in [6.45, 7) is 12.1. The largest absolute Gasteiger partial charge is 0.324 e. The van der Waals surface area contributed by atoms with Crippen LogP contribution in [0.15, 0.2) is 36.7 Å². The highest BCUT2D eigenvalue weighted by molar-refractivity contribution is 5.95. The van der Waals surface area contributed by atoms with Gasteiger partial charge in [0.05, 0.1) is 11.4 Å². The standard InChI is InChI=1S/C25H33N5O/c1-19-4-5-21-22(27-19)24(2,3)17-30(21)23(31)29-15-10-25(18-29)8-13-28(14-9-25)16-20-6-11-26-12-7-20/h4-7,11-12H,8-10,13-18H2,1-3H3. The minimum absolute atomic E-state index is 0.104. The van der Waals surface area contributed by atoms with E-state index in [2.05, 4.69) is 46.8 Å². The van der Waals surface area contributed by atoms with Crippen LogP contribution in [0.3, 0.4) is 0 Å². The van der Waals surface area contributed by atoms with Gasteiger partial charge in [-0.3, -0.25) is 19.8 Å². The van der Waals surface area contributed by atoms with Crippen molar-refractivity contribution in [2.45, 2.75) is 52.0 Å². The molecule has 2 saturated heterocycles. The Morgan fingerprint density at radius 1 is 1.00 bits per heavy atom. The molecule has 5 rings (SSSR count). The molecule has 0 bridgehead atoms. The molecule has 0 N–H and O–H groups in total. The number of carbonyl (C=O) groups excluding carboxylic acids is 1. The monoisotopic (exact) mass is 419 g/mol. The van der Waals surface area contributed by atoms with E-state index >= 15 is 0 Å². The van der Waals surface area contributed by atoms with E-state index in [4.69, 9.17) is 4.98 Å². The molecule has 1 spiro atoms. The number of fused-ring (bicyclic) bond motifs is 1. The summed E-state index contributed by atoms with van der Waals surface area (Å²) in [6.07, 6.45) is 7.21. The fraction of sp³-hybridized carbons (Fsp3) is 0.560. The summed E-state index contributed by atoms with van der Waals surface area (Å²) in [7, 11) is 0. The highest BCUT2D eigenvalue weighted by Crippen LogP contribution is 2.43. The van der Waals surface area contributed by atoms with E-state index in [1.165, 1.54) is 18.4 Å². The van der Waals surface area contributed by atoms with Crippen molar-refractivity contribution in [3.05, 3.63) is 53.6 Å². The van der Waals surface area contributed by atoms with Gasteiger partial charge in [-0.25, -0.2) is 4.79 Å². The molecule has 0 aromatic carbocycles. The number of amides is 2. The lowest BCUT2D eigenvalue weighted by Crippen LogP contribution is -2.46. The lowest BCUT2D eigenvalue weighted by atomic mass is 9.77. The number of aromatic nitrogens is 2. The Hall–Kier alpha value is -2.47. The highest BCUT2D eigenvalue weighted by Gasteiger charge is 2.46. The number of hydrogen-bond donors (Lipinski definition) is 0. The van der Waals surface area contributed by atoms with Gasteiger partial charge in [0.25, 0.3) is 0 Å². The average Bonchev–Trinajstić information content (AvgIpc) is 3.29. The number of likely N-dealkylation sites (tertiary alicyclic amines) is 2. The SMILES string of the molecule is Cc1ccc2c(n1)C(C)(C)CN2C(=O)N1CCC2(CCN(Cc3ccncc3)CC2)C1. The highest BCUT2D eigenvalue weighted by atomic mass is 16.2. The van der Waals surface area contributed by atoms with Crippen molar-refractivity contribution in [3.63, 3.8) is 0 Å². The summed E-state index contributed by atoms with van der Waals surface area (Å²) in [5.74, 6) is 0. The number of carbonyl (C=O) groups is 1. The smallest absolute Gasteiger partial charge is 0.324 e. The van der Waals surface area contributed by atoms with Gasteiger partial charge in [0.1, 0.15) is 0 Å². The van der Waals surface area contributed by atoms with Crippen LogP contribution in [0.2, 0.25) is 0 Å². The van der Waals surface area contributed by atoms with Crippen LogP contribution < -0.4 is 4.90 Å². The van der Waals surface area contributed by atoms with Gasteiger partial charge in [-0.1, -0.05) is 13.8 Å². The molecule has 31 heavy (non-hydrogen) atoms. The fourth-order valence-corrected chi connectivity index (χ4v) is 5.60. The van der Waals surface area contributed by atoms with E-state index in [-0.39, 0.29) is 16.9 Å². The van der Waals surface area contributed by atoms with Crippen molar-refractivity contribution >= 4 is 11.7 Å². The van der Waals surface area contributed by atoms with Crippen LogP contribution in [-0.4, -0.2) is 58.5 Å². The van der Waals surface area contributed by atoms with Gasteiger partial charge in [-0.05, 0) is 74.5 Å². The zero-order chi connectivity index (χ0) is 21.6. The van der Waals surface area contributed by atoms with E-state index in [1.807, 2.05) is 30.3 Å². The zero-order valence-corrected chi connectivity index (χ0v) is 19.0. The molecule has 164 valence electrons. The molecular formula is C25H33N5O. The Kier molecular flexibility index (Phi) is 5.00. The Morgan fingerprint density at radius 2 is 1.71 bits per heavy atom. The molecule has 3 aliphatic rings. The maximum atomic E-state index is 13.5. The van der Waals surface area contributed by atoms with Gasteiger partial charge in [0.15, 0.2) is 0 Å². The number of rotatable bonds is 2. The number of urea groups is 1. The molecule has 6 heteroatoms. The summed E-state index contributed by atoms with van der Waals surface area (Å²) in [5.41, 5.74) is 4.57. The molecule has 2 aromatic rings. The predicted molar refractivity (Wildman–Crippen MR) is 122 cm³/mol. The van der Waals surface area contributed by atoms with Gasteiger partial charge in [0.2, 0.25) is 0 Å². The third-order valence-corrected chi connectivity index (χ3v) is 7.51. The van der Waals surface area contributed by atoms with E-state index in [1.54, 1.807) is 0 Å². The van der Waals surface area contributed by atoms with Crippen LogP contribution in [-0.2, 0) is 12.0 Å². The Morgan fingerprint density at radius 3 is 2.45 bits per heavy atom. The second-order valence-corrected chi connectivity index (χ2v) is 10.4. The predicted octanol–water partition coefficient (Wildman–Crippen LogP) is 3.99. The van der Waals surface area contributed by atoms with Crippen LogP contribution in [0.25, 0.3) is 0 Å². The molecule has 3 aliphatic heterocycles. The van der Waals surface area contributed by atoms with Crippen LogP contribution in [0, 0.1) is 12.3 Å². The lowest BCUT2D eigenvalue weighted by Gasteiger charge is -2.39. The number of aryl methyl sites for hydroxylation is 1. The van der Waals surface area contributed by atoms with Crippen molar-refractivity contribution in [2.24, 2.45) is 5.41 Å². The van der Waals surface area contributed by atoms with E-state index in [9.17, 15) is 4.79 Å². The first-order valence-corrected chi connectivity index (χ1v) is 11.5. The molecule has 0 unspecified atom stereocenters. The number of anilines is 1. The first-order chi connectivity index (χ1) is 14.9. The van der Waals surface area contributed by atoms with Crippen LogP contribution in [0.1, 0.15) is 50.1 Å². The van der Waals surface area contributed by atoms with Gasteiger partial charge in [-0.2, -0.15) is 0 Å². The summed E-state index contributed by atoms with van der Waals surface area (Å²) in [5, 5.41) is 0. The second-order valence-electron chi connectivity index (χ2n) is 10.4. The van der Waals surface area contributed by atoms with Crippen molar-refractivity contribution in [3.8, 4) is 0 Å². The van der Waals surface area contributed by atoms with Crippen LogP contribution in [0.4, 0.5) is 10.5 Å². The Bertz CT molecular complexity index is 965.